The van der Waals surface area contributed by atoms with Gasteiger partial charge in [-0.3, -0.25) is 9.79 Å². The molecule has 0 saturated heterocycles. The minimum absolute atomic E-state index is 0.0431. The summed E-state index contributed by atoms with van der Waals surface area (Å²) in [6.07, 6.45) is 1.38. The summed E-state index contributed by atoms with van der Waals surface area (Å²) in [5, 5.41) is 9.46. The van der Waals surface area contributed by atoms with Crippen molar-refractivity contribution >= 4 is 17.6 Å². The number of hydrogen-bond donors (Lipinski definition) is 3. The minimum Gasteiger partial charge on any atom is -0.454 e. The highest BCUT2D eigenvalue weighted by atomic mass is 16.7. The van der Waals surface area contributed by atoms with Crippen LogP contribution in [0.1, 0.15) is 30.9 Å². The summed E-state index contributed by atoms with van der Waals surface area (Å²) in [4.78, 5) is 15.9. The van der Waals surface area contributed by atoms with E-state index in [-0.39, 0.29) is 12.7 Å². The molecule has 0 aromatic heterocycles. The predicted octanol–water partition coefficient (Wildman–Crippen LogP) is 3.02. The molecule has 28 heavy (non-hydrogen) atoms. The second-order valence-electron chi connectivity index (χ2n) is 6.46. The highest BCUT2D eigenvalue weighted by molar-refractivity contribution is 5.90. The molecule has 1 heterocycles. The van der Waals surface area contributed by atoms with Crippen LogP contribution in [0.5, 0.6) is 11.5 Å². The standard InChI is InChI=1S/C21H26N4O3/c1-3-4-20(26)25-17-8-5-15(6-9-17)12-23-21(22-2)24-13-16-7-10-18-19(11-16)28-14-27-18/h5-11H,3-4,12-14H2,1-2H3,(H,25,26)(H2,22,23,24). The van der Waals surface area contributed by atoms with Crippen molar-refractivity contribution in [1.82, 2.24) is 10.6 Å². The molecule has 0 unspecified atom stereocenters. The van der Waals surface area contributed by atoms with E-state index in [1.807, 2.05) is 49.4 Å². The van der Waals surface area contributed by atoms with Gasteiger partial charge in [0.2, 0.25) is 12.7 Å². The molecular weight excluding hydrogens is 356 g/mol. The number of aliphatic imine (C=N–C) groups is 1. The fourth-order valence-corrected chi connectivity index (χ4v) is 2.80. The van der Waals surface area contributed by atoms with E-state index < -0.39 is 0 Å². The van der Waals surface area contributed by atoms with Crippen LogP contribution in [0.3, 0.4) is 0 Å². The van der Waals surface area contributed by atoms with Crippen LogP contribution in [0, 0.1) is 0 Å². The normalized spacial score (nSPS) is 12.6. The third-order valence-electron chi connectivity index (χ3n) is 4.30. The fraction of sp³-hybridized carbons (Fsp3) is 0.333. The molecule has 148 valence electrons. The van der Waals surface area contributed by atoms with Crippen molar-refractivity contribution in [3.8, 4) is 11.5 Å². The molecule has 1 amide bonds. The average molecular weight is 382 g/mol. The molecule has 3 rings (SSSR count). The molecule has 7 nitrogen and oxygen atoms in total. The van der Waals surface area contributed by atoms with Crippen LogP contribution in [0.2, 0.25) is 0 Å². The van der Waals surface area contributed by atoms with Gasteiger partial charge in [0.1, 0.15) is 0 Å². The van der Waals surface area contributed by atoms with Gasteiger partial charge in [-0.2, -0.15) is 0 Å². The van der Waals surface area contributed by atoms with E-state index in [1.165, 1.54) is 0 Å². The molecule has 2 aromatic rings. The van der Waals surface area contributed by atoms with Crippen LogP contribution < -0.4 is 25.4 Å². The second kappa shape index (κ2) is 9.64. The molecule has 0 saturated carbocycles. The number of carbonyl (C=O) groups excluding carboxylic acids is 1. The van der Waals surface area contributed by atoms with Gasteiger partial charge >= 0.3 is 0 Å². The molecule has 0 aliphatic carbocycles. The number of fused-ring (bicyclic) bond motifs is 1. The van der Waals surface area contributed by atoms with E-state index in [0.29, 0.717) is 25.5 Å². The van der Waals surface area contributed by atoms with Gasteiger partial charge in [0.05, 0.1) is 0 Å². The van der Waals surface area contributed by atoms with Crippen LogP contribution in [0.25, 0.3) is 0 Å². The van der Waals surface area contributed by atoms with Gasteiger partial charge in [0, 0.05) is 32.2 Å². The highest BCUT2D eigenvalue weighted by Crippen LogP contribution is 2.32. The first-order valence-electron chi connectivity index (χ1n) is 9.39. The molecule has 7 heteroatoms. The van der Waals surface area contributed by atoms with Crippen LogP contribution >= 0.6 is 0 Å². The molecule has 0 atom stereocenters. The Labute approximate surface area is 165 Å². The van der Waals surface area contributed by atoms with Crippen LogP contribution in [0.4, 0.5) is 5.69 Å². The molecular formula is C21H26N4O3. The number of amides is 1. The molecule has 0 radical (unpaired) electrons. The summed E-state index contributed by atoms with van der Waals surface area (Å²) in [5.41, 5.74) is 2.99. The zero-order valence-electron chi connectivity index (χ0n) is 16.2. The number of anilines is 1. The van der Waals surface area contributed by atoms with E-state index in [2.05, 4.69) is 20.9 Å². The minimum atomic E-state index is 0.0431. The maximum absolute atomic E-state index is 11.6. The average Bonchev–Trinajstić information content (AvgIpc) is 3.17. The molecule has 1 aliphatic heterocycles. The fourth-order valence-electron chi connectivity index (χ4n) is 2.80. The lowest BCUT2D eigenvalue weighted by molar-refractivity contribution is -0.116. The zero-order chi connectivity index (χ0) is 19.8. The number of rotatable bonds is 7. The van der Waals surface area contributed by atoms with E-state index >= 15 is 0 Å². The monoisotopic (exact) mass is 382 g/mol. The van der Waals surface area contributed by atoms with Gasteiger partial charge in [-0.15, -0.1) is 0 Å². The molecule has 3 N–H and O–H groups in total. The number of benzene rings is 2. The number of nitrogens with one attached hydrogen (secondary N) is 3. The van der Waals surface area contributed by atoms with Gasteiger partial charge in [0.25, 0.3) is 0 Å². The van der Waals surface area contributed by atoms with E-state index in [9.17, 15) is 4.79 Å². The van der Waals surface area contributed by atoms with E-state index in [0.717, 1.165) is 34.7 Å². The third kappa shape index (κ3) is 5.39. The van der Waals surface area contributed by atoms with Gasteiger partial charge in [-0.1, -0.05) is 25.1 Å². The Morgan fingerprint density at radius 2 is 1.68 bits per heavy atom. The van der Waals surface area contributed by atoms with Crippen molar-refractivity contribution in [3.05, 3.63) is 53.6 Å². The summed E-state index contributed by atoms with van der Waals surface area (Å²) in [6.45, 7) is 3.51. The number of ether oxygens (including phenoxy) is 2. The van der Waals surface area contributed by atoms with Crippen LogP contribution in [0.15, 0.2) is 47.5 Å². The Morgan fingerprint density at radius 3 is 2.39 bits per heavy atom. The number of hydrogen-bond acceptors (Lipinski definition) is 4. The summed E-state index contributed by atoms with van der Waals surface area (Å²) >= 11 is 0. The van der Waals surface area contributed by atoms with Gasteiger partial charge in [-0.25, -0.2) is 0 Å². The summed E-state index contributed by atoms with van der Waals surface area (Å²) in [6, 6.07) is 13.7. The summed E-state index contributed by atoms with van der Waals surface area (Å²) in [5.74, 6) is 2.30. The largest absolute Gasteiger partial charge is 0.454 e. The Kier molecular flexibility index (Phi) is 6.73. The Bertz CT molecular complexity index is 834. The van der Waals surface area contributed by atoms with Crippen molar-refractivity contribution in [2.75, 3.05) is 19.2 Å². The number of guanidine groups is 1. The first-order chi connectivity index (χ1) is 13.7. The number of nitrogens with zero attached hydrogens (tertiary/aromatic N) is 1. The lowest BCUT2D eigenvalue weighted by Crippen LogP contribution is -2.36. The molecule has 2 aromatic carbocycles. The lowest BCUT2D eigenvalue weighted by atomic mass is 10.2. The Balaban J connectivity index is 1.46. The van der Waals surface area contributed by atoms with Crippen molar-refractivity contribution in [1.29, 1.82) is 0 Å². The maximum Gasteiger partial charge on any atom is 0.231 e. The molecule has 1 aliphatic rings. The SMILES string of the molecule is CCCC(=O)Nc1ccc(CNC(=NC)NCc2ccc3c(c2)OCO3)cc1. The zero-order valence-corrected chi connectivity index (χ0v) is 16.2. The first-order valence-corrected chi connectivity index (χ1v) is 9.39. The van der Waals surface area contributed by atoms with E-state index in [4.69, 9.17) is 9.47 Å². The Hall–Kier alpha value is -3.22. The van der Waals surface area contributed by atoms with Gasteiger partial charge in [0.15, 0.2) is 17.5 Å². The van der Waals surface area contributed by atoms with E-state index in [1.54, 1.807) is 7.05 Å². The van der Waals surface area contributed by atoms with Crippen molar-refractivity contribution < 1.29 is 14.3 Å². The van der Waals surface area contributed by atoms with Gasteiger partial charge in [-0.05, 0) is 41.8 Å². The first kappa shape index (κ1) is 19.5. The Morgan fingerprint density at radius 1 is 1.00 bits per heavy atom. The highest BCUT2D eigenvalue weighted by Gasteiger charge is 2.13. The molecule has 0 fully saturated rings. The predicted molar refractivity (Wildman–Crippen MR) is 110 cm³/mol. The lowest BCUT2D eigenvalue weighted by Gasteiger charge is -2.13. The quantitative estimate of drug-likeness (QED) is 0.506. The topological polar surface area (TPSA) is 84.0 Å². The van der Waals surface area contributed by atoms with Crippen molar-refractivity contribution in [2.45, 2.75) is 32.9 Å². The summed E-state index contributed by atoms with van der Waals surface area (Å²) < 4.78 is 10.7. The van der Waals surface area contributed by atoms with Gasteiger partial charge < -0.3 is 25.4 Å². The van der Waals surface area contributed by atoms with Crippen molar-refractivity contribution in [3.63, 3.8) is 0 Å². The van der Waals surface area contributed by atoms with Crippen LogP contribution in [-0.4, -0.2) is 25.7 Å². The maximum atomic E-state index is 11.6. The summed E-state index contributed by atoms with van der Waals surface area (Å²) in [7, 11) is 1.74. The third-order valence-corrected chi connectivity index (χ3v) is 4.30. The smallest absolute Gasteiger partial charge is 0.231 e. The second-order valence-corrected chi connectivity index (χ2v) is 6.46. The molecule has 0 spiro atoms. The number of carbonyl (C=O) groups is 1. The van der Waals surface area contributed by atoms with Crippen molar-refractivity contribution in [2.24, 2.45) is 4.99 Å². The van der Waals surface area contributed by atoms with Crippen LogP contribution in [-0.2, 0) is 17.9 Å². The molecule has 0 bridgehead atoms.